The molecule has 4 heteroatoms. The van der Waals surface area contributed by atoms with Crippen LogP contribution in [0, 0.1) is 0 Å². The number of hydrogen-bond acceptors (Lipinski definition) is 1. The second-order valence-electron chi connectivity index (χ2n) is 0.0714. The van der Waals surface area contributed by atoms with Crippen LogP contribution in [0.15, 0.2) is 0 Å². The Hall–Kier alpha value is 1.23. The molecule has 0 bridgehead atoms. The van der Waals surface area contributed by atoms with Crippen LogP contribution >= 0.6 is 23.6 Å². The van der Waals surface area contributed by atoms with Crippen LogP contribution in [0.1, 0.15) is 0 Å². The first-order valence-corrected chi connectivity index (χ1v) is 1.13. The van der Waals surface area contributed by atoms with E-state index >= 15 is 0 Å². The van der Waals surface area contributed by atoms with E-state index in [0.717, 1.165) is 0 Å². The Morgan fingerprint density at radius 3 is 1.25 bits per heavy atom. The van der Waals surface area contributed by atoms with Crippen LogP contribution in [0.2, 0.25) is 0 Å². The first kappa shape index (κ1) is 8.97. The van der Waals surface area contributed by atoms with E-state index in [1.54, 1.807) is 4.35 Å². The first-order valence-electron chi connectivity index (χ1n) is 0.378. The van der Waals surface area contributed by atoms with Gasteiger partial charge in [-0.05, 0) is 23.6 Å². The van der Waals surface area contributed by atoms with Gasteiger partial charge in [-0.3, -0.25) is 0 Å². The Bertz CT molecular complexity index is 6.00. The van der Waals surface area contributed by atoms with E-state index < -0.39 is 0 Å². The Morgan fingerprint density at radius 2 is 1.25 bits per heavy atom. The number of hydrogen-bond donors (Lipinski definition) is 1. The summed E-state index contributed by atoms with van der Waals surface area (Å²) in [5.41, 5.74) is 0. The minimum absolute atomic E-state index is 0. The van der Waals surface area contributed by atoms with Gasteiger partial charge in [-0.25, -0.2) is 0 Å². The number of rotatable bonds is 0. The Balaban J connectivity index is 0. The normalized spacial score (nSPS) is 4.50. The van der Waals surface area contributed by atoms with Gasteiger partial charge in [0.1, 0.15) is 0 Å². The number of halogens is 2. The van der Waals surface area contributed by atoms with Crippen molar-refractivity contribution in [3.63, 3.8) is 0 Å². The van der Waals surface area contributed by atoms with E-state index in [1.165, 1.54) is 0 Å². The van der Waals surface area contributed by atoms with Gasteiger partial charge >= 0.3 is 21.1 Å². The minimum Gasteiger partial charge on any atom is -0.145 e. The van der Waals surface area contributed by atoms with Crippen LogP contribution in [-0.4, -0.2) is 0 Å². The molecule has 0 rings (SSSR count). The molecule has 0 aliphatic heterocycles. The molecule has 0 aromatic rings. The van der Waals surface area contributed by atoms with E-state index in [0.29, 0.717) is 0 Å². The molecule has 0 aliphatic rings. The molecule has 0 aromatic heterocycles. The van der Waals surface area contributed by atoms with Gasteiger partial charge in [-0.1, -0.05) is 0 Å². The van der Waals surface area contributed by atoms with Crippen molar-refractivity contribution in [3.8, 4) is 0 Å². The van der Waals surface area contributed by atoms with E-state index in [1.807, 2.05) is 0 Å². The first-order chi connectivity index (χ1) is 1.41. The third kappa shape index (κ3) is 10.6. The van der Waals surface area contributed by atoms with Gasteiger partial charge in [-0.2, -0.15) is 0 Å². The van der Waals surface area contributed by atoms with Gasteiger partial charge < -0.3 is 0 Å². The maximum absolute atomic E-state index is 4.51. The molecular formula is HCl2NPt+2. The Labute approximate surface area is 49.1 Å². The Morgan fingerprint density at radius 1 is 1.25 bits per heavy atom. The molecule has 0 heterocycles. The summed E-state index contributed by atoms with van der Waals surface area (Å²) >= 11 is 9.03. The van der Waals surface area contributed by atoms with Crippen LogP contribution in [-0.2, 0) is 21.1 Å². The topological polar surface area (TPSA) is 12.0 Å². The predicted octanol–water partition coefficient (Wildman–Crippen LogP) is 0.881. The summed E-state index contributed by atoms with van der Waals surface area (Å²) in [6, 6.07) is 0. The van der Waals surface area contributed by atoms with E-state index in [4.69, 9.17) is 0 Å². The van der Waals surface area contributed by atoms with Crippen molar-refractivity contribution in [2.45, 2.75) is 0 Å². The van der Waals surface area contributed by atoms with Crippen molar-refractivity contribution in [1.29, 1.82) is 0 Å². The zero-order valence-corrected chi connectivity index (χ0v) is 5.36. The smallest absolute Gasteiger partial charge is 0.145 e. The van der Waals surface area contributed by atoms with Crippen molar-refractivity contribution < 1.29 is 21.1 Å². The molecule has 0 spiro atoms. The average molecular weight is 281 g/mol. The van der Waals surface area contributed by atoms with Crippen LogP contribution < -0.4 is 4.35 Å². The molecule has 1 N–H and O–H groups in total. The third-order valence-electron chi connectivity index (χ3n) is 0. The van der Waals surface area contributed by atoms with Crippen LogP contribution in [0.25, 0.3) is 0 Å². The molecule has 0 saturated carbocycles. The monoisotopic (exact) mass is 280 g/mol. The van der Waals surface area contributed by atoms with Gasteiger partial charge in [0.15, 0.2) is 0 Å². The Kier molecular flexibility index (Phi) is 19.9. The second kappa shape index (κ2) is 8.87. The summed E-state index contributed by atoms with van der Waals surface area (Å²) < 4.78 is 1.69. The summed E-state index contributed by atoms with van der Waals surface area (Å²) in [6.45, 7) is 0. The molecule has 0 unspecified atom stereocenters. The molecule has 0 amide bonds. The molecule has 0 aromatic carbocycles. The van der Waals surface area contributed by atoms with Crippen molar-refractivity contribution in [2.24, 2.45) is 0 Å². The quantitative estimate of drug-likeness (QED) is 0.650. The second-order valence-corrected chi connectivity index (χ2v) is 0.643. The molecule has 28 valence electrons. The molecule has 0 aliphatic carbocycles. The van der Waals surface area contributed by atoms with Crippen LogP contribution in [0.4, 0.5) is 0 Å². The van der Waals surface area contributed by atoms with Crippen LogP contribution in [0.5, 0.6) is 0 Å². The molecule has 0 fully saturated rings. The van der Waals surface area contributed by atoms with Crippen molar-refractivity contribution >= 4 is 23.6 Å². The fourth-order valence-electron chi connectivity index (χ4n) is 0. The predicted molar refractivity (Wildman–Crippen MR) is 14.8 cm³/mol. The molecule has 1 nitrogen and oxygen atoms in total. The maximum Gasteiger partial charge on any atom is 2.00 e. The van der Waals surface area contributed by atoms with Crippen LogP contribution in [0.3, 0.4) is 0 Å². The van der Waals surface area contributed by atoms with E-state index in [2.05, 4.69) is 23.6 Å². The van der Waals surface area contributed by atoms with E-state index in [9.17, 15) is 0 Å². The standard InChI is InChI=1S/Cl2HN.Pt/c1-3-2;/h3H;/q;+2. The molecule has 4 heavy (non-hydrogen) atoms. The van der Waals surface area contributed by atoms with Gasteiger partial charge in [0.25, 0.3) is 0 Å². The zero-order chi connectivity index (χ0) is 2.71. The summed E-state index contributed by atoms with van der Waals surface area (Å²) in [4.78, 5) is 0. The van der Waals surface area contributed by atoms with Gasteiger partial charge in [0, 0.05) is 0 Å². The number of nitrogens with one attached hydrogen (secondary N) is 1. The summed E-state index contributed by atoms with van der Waals surface area (Å²) in [5.74, 6) is 0. The fraction of sp³-hybridized carbons (Fsp3) is 0. The van der Waals surface area contributed by atoms with Gasteiger partial charge in [0.2, 0.25) is 0 Å². The van der Waals surface area contributed by atoms with Gasteiger partial charge in [0.05, 0.1) is 0 Å². The minimum atomic E-state index is 0. The summed E-state index contributed by atoms with van der Waals surface area (Å²) in [6.07, 6.45) is 0. The molecular weight excluding hydrogens is 280 g/mol. The van der Waals surface area contributed by atoms with Crippen molar-refractivity contribution in [1.82, 2.24) is 4.35 Å². The van der Waals surface area contributed by atoms with Crippen molar-refractivity contribution in [3.05, 3.63) is 0 Å². The largest absolute Gasteiger partial charge is 2.00 e. The average Bonchev–Trinajstić information content (AvgIpc) is 0.918. The summed E-state index contributed by atoms with van der Waals surface area (Å²) in [5, 5.41) is 0. The molecule has 0 radical (unpaired) electrons. The SMILES string of the molecule is ClNCl.[Pt+2]. The molecule has 0 saturated heterocycles. The van der Waals surface area contributed by atoms with Crippen molar-refractivity contribution in [2.75, 3.05) is 0 Å². The molecule has 0 atom stereocenters. The fourth-order valence-corrected chi connectivity index (χ4v) is 0. The maximum atomic E-state index is 4.51. The van der Waals surface area contributed by atoms with E-state index in [-0.39, 0.29) is 21.1 Å². The zero-order valence-electron chi connectivity index (χ0n) is 1.57. The third-order valence-corrected chi connectivity index (χ3v) is 0. The van der Waals surface area contributed by atoms with Gasteiger partial charge in [-0.15, -0.1) is 4.35 Å². The summed E-state index contributed by atoms with van der Waals surface area (Å²) in [7, 11) is 0.